The van der Waals surface area contributed by atoms with Gasteiger partial charge in [0.15, 0.2) is 0 Å². The third kappa shape index (κ3) is 4.65. The molecule has 0 heterocycles. The fourth-order valence-electron chi connectivity index (χ4n) is 2.89. The molecule has 4 heteroatoms. The van der Waals surface area contributed by atoms with E-state index in [4.69, 9.17) is 9.47 Å². The van der Waals surface area contributed by atoms with Crippen molar-refractivity contribution in [2.45, 2.75) is 19.8 Å². The quantitative estimate of drug-likeness (QED) is 0.433. The van der Waals surface area contributed by atoms with Gasteiger partial charge in [0, 0.05) is 0 Å². The van der Waals surface area contributed by atoms with Crippen molar-refractivity contribution in [3.8, 4) is 16.9 Å². The molecule has 4 nitrogen and oxygen atoms in total. The molecule has 3 aromatic rings. The van der Waals surface area contributed by atoms with Crippen molar-refractivity contribution in [2.24, 2.45) is 0 Å². The second kappa shape index (κ2) is 9.00. The highest BCUT2D eigenvalue weighted by Gasteiger charge is 2.09. The molecule has 0 saturated carbocycles. The minimum Gasteiger partial charge on any atom is -0.465 e. The minimum absolute atomic E-state index is 0.364. The number of esters is 2. The summed E-state index contributed by atoms with van der Waals surface area (Å²) in [6.07, 6.45) is 2.07. The van der Waals surface area contributed by atoms with Gasteiger partial charge in [-0.15, -0.1) is 0 Å². The molecule has 0 bridgehead atoms. The molecular weight excluding hydrogens is 352 g/mol. The van der Waals surface area contributed by atoms with Crippen LogP contribution in [0.2, 0.25) is 0 Å². The van der Waals surface area contributed by atoms with Crippen LogP contribution in [0.25, 0.3) is 11.1 Å². The molecule has 3 aromatic carbocycles. The molecule has 0 aliphatic carbocycles. The van der Waals surface area contributed by atoms with E-state index in [-0.39, 0.29) is 11.9 Å². The van der Waals surface area contributed by atoms with Crippen LogP contribution in [-0.2, 0) is 11.2 Å². The van der Waals surface area contributed by atoms with Crippen LogP contribution in [0.4, 0.5) is 0 Å². The van der Waals surface area contributed by atoms with Crippen molar-refractivity contribution >= 4 is 11.9 Å². The van der Waals surface area contributed by atoms with Crippen LogP contribution in [0.15, 0.2) is 72.8 Å². The Morgan fingerprint density at radius 2 is 1.21 bits per heavy atom. The molecule has 0 spiro atoms. The number of carbonyl (C=O) groups is 2. The summed E-state index contributed by atoms with van der Waals surface area (Å²) in [5.74, 6) is -0.257. The Morgan fingerprint density at radius 1 is 0.714 bits per heavy atom. The van der Waals surface area contributed by atoms with E-state index in [2.05, 4.69) is 6.92 Å². The van der Waals surface area contributed by atoms with Crippen molar-refractivity contribution in [1.29, 1.82) is 0 Å². The van der Waals surface area contributed by atoms with Gasteiger partial charge in [-0.05, 0) is 59.5 Å². The van der Waals surface area contributed by atoms with Gasteiger partial charge >= 0.3 is 11.9 Å². The van der Waals surface area contributed by atoms with E-state index in [9.17, 15) is 9.59 Å². The van der Waals surface area contributed by atoms with Crippen LogP contribution in [0.5, 0.6) is 5.75 Å². The predicted molar refractivity (Wildman–Crippen MR) is 109 cm³/mol. The number of benzene rings is 3. The zero-order valence-electron chi connectivity index (χ0n) is 16.0. The largest absolute Gasteiger partial charge is 0.465 e. The number of ether oxygens (including phenoxy) is 2. The summed E-state index contributed by atoms with van der Waals surface area (Å²) in [5, 5.41) is 0. The van der Waals surface area contributed by atoms with Crippen LogP contribution >= 0.6 is 0 Å². The molecule has 0 aliphatic rings. The first-order chi connectivity index (χ1) is 13.6. The third-order valence-corrected chi connectivity index (χ3v) is 4.43. The molecule has 28 heavy (non-hydrogen) atoms. The second-order valence-electron chi connectivity index (χ2n) is 6.43. The Kier molecular flexibility index (Phi) is 6.22. The van der Waals surface area contributed by atoms with Gasteiger partial charge in [-0.25, -0.2) is 9.59 Å². The van der Waals surface area contributed by atoms with Crippen LogP contribution in [-0.4, -0.2) is 19.0 Å². The van der Waals surface area contributed by atoms with E-state index < -0.39 is 0 Å². The number of hydrogen-bond donors (Lipinski definition) is 0. The van der Waals surface area contributed by atoms with Gasteiger partial charge < -0.3 is 9.47 Å². The highest BCUT2D eigenvalue weighted by molar-refractivity contribution is 5.91. The van der Waals surface area contributed by atoms with Crippen LogP contribution in [0, 0.1) is 0 Å². The summed E-state index contributed by atoms with van der Waals surface area (Å²) in [4.78, 5) is 23.8. The summed E-state index contributed by atoms with van der Waals surface area (Å²) in [6.45, 7) is 2.12. The average Bonchev–Trinajstić information content (AvgIpc) is 2.74. The smallest absolute Gasteiger partial charge is 0.343 e. The summed E-state index contributed by atoms with van der Waals surface area (Å²) in [6, 6.07) is 21.9. The fraction of sp³-hybridized carbons (Fsp3) is 0.167. The van der Waals surface area contributed by atoms with Crippen molar-refractivity contribution in [3.63, 3.8) is 0 Å². The Bertz CT molecular complexity index is 939. The number of aryl methyl sites for hydroxylation is 1. The topological polar surface area (TPSA) is 52.6 Å². The van der Waals surface area contributed by atoms with E-state index in [1.807, 2.05) is 36.4 Å². The van der Waals surface area contributed by atoms with Crippen LogP contribution < -0.4 is 4.74 Å². The van der Waals surface area contributed by atoms with Crippen molar-refractivity contribution in [3.05, 3.63) is 89.5 Å². The number of carbonyl (C=O) groups excluding carboxylic acids is 2. The van der Waals surface area contributed by atoms with Gasteiger partial charge in [0.05, 0.1) is 18.2 Å². The van der Waals surface area contributed by atoms with Crippen molar-refractivity contribution in [2.75, 3.05) is 7.11 Å². The van der Waals surface area contributed by atoms with Crippen LogP contribution in [0.1, 0.15) is 39.6 Å². The van der Waals surface area contributed by atoms with E-state index in [1.165, 1.54) is 12.7 Å². The zero-order chi connectivity index (χ0) is 19.9. The Morgan fingerprint density at radius 3 is 1.75 bits per heavy atom. The molecule has 0 aliphatic heterocycles. The maximum absolute atomic E-state index is 12.3. The zero-order valence-corrected chi connectivity index (χ0v) is 16.0. The molecular formula is C24H22O4. The molecule has 0 aromatic heterocycles. The Balaban J connectivity index is 1.67. The molecule has 0 atom stereocenters. The van der Waals surface area contributed by atoms with E-state index in [0.29, 0.717) is 16.9 Å². The Labute approximate surface area is 164 Å². The molecule has 3 rings (SSSR count). The molecule has 0 unspecified atom stereocenters. The molecule has 142 valence electrons. The summed E-state index contributed by atoms with van der Waals surface area (Å²) < 4.78 is 10.2. The van der Waals surface area contributed by atoms with Gasteiger partial charge in [-0.1, -0.05) is 49.7 Å². The highest BCUT2D eigenvalue weighted by Crippen LogP contribution is 2.23. The number of hydrogen-bond acceptors (Lipinski definition) is 4. The molecule has 0 saturated heterocycles. The molecule has 0 amide bonds. The van der Waals surface area contributed by atoms with Gasteiger partial charge in [-0.2, -0.15) is 0 Å². The maximum Gasteiger partial charge on any atom is 0.343 e. The number of rotatable bonds is 6. The third-order valence-electron chi connectivity index (χ3n) is 4.43. The summed E-state index contributed by atoms with van der Waals surface area (Å²) in [5.41, 5.74) is 4.16. The highest BCUT2D eigenvalue weighted by atomic mass is 16.5. The lowest BCUT2D eigenvalue weighted by Crippen LogP contribution is -2.08. The maximum atomic E-state index is 12.3. The van der Waals surface area contributed by atoms with E-state index in [0.717, 1.165) is 24.0 Å². The van der Waals surface area contributed by atoms with Gasteiger partial charge in [-0.3, -0.25) is 0 Å². The van der Waals surface area contributed by atoms with E-state index in [1.54, 1.807) is 36.4 Å². The second-order valence-corrected chi connectivity index (χ2v) is 6.43. The lowest BCUT2D eigenvalue weighted by molar-refractivity contribution is 0.0600. The minimum atomic E-state index is -0.377. The number of methoxy groups -OCH3 is 1. The van der Waals surface area contributed by atoms with Crippen LogP contribution in [0.3, 0.4) is 0 Å². The van der Waals surface area contributed by atoms with Crippen molar-refractivity contribution < 1.29 is 19.1 Å². The van der Waals surface area contributed by atoms with Gasteiger partial charge in [0.25, 0.3) is 0 Å². The first-order valence-corrected chi connectivity index (χ1v) is 9.20. The van der Waals surface area contributed by atoms with Gasteiger partial charge in [0.1, 0.15) is 5.75 Å². The average molecular weight is 374 g/mol. The van der Waals surface area contributed by atoms with Gasteiger partial charge in [0.2, 0.25) is 0 Å². The molecule has 0 fully saturated rings. The van der Waals surface area contributed by atoms with Crippen molar-refractivity contribution in [1.82, 2.24) is 0 Å². The van der Waals surface area contributed by atoms with E-state index >= 15 is 0 Å². The monoisotopic (exact) mass is 374 g/mol. The fourth-order valence-corrected chi connectivity index (χ4v) is 2.89. The first kappa shape index (κ1) is 19.4. The lowest BCUT2D eigenvalue weighted by atomic mass is 10.0. The standard InChI is InChI=1S/C24H22O4/c1-3-4-17-5-7-21(8-6-17)24(26)28-22-15-13-19(14-16-22)18-9-11-20(12-10-18)23(25)27-2/h5-16H,3-4H2,1-2H3. The SMILES string of the molecule is CCCc1ccc(C(=O)Oc2ccc(-c3ccc(C(=O)OC)cc3)cc2)cc1. The summed E-state index contributed by atoms with van der Waals surface area (Å²) in [7, 11) is 1.36. The molecule has 0 radical (unpaired) electrons. The lowest BCUT2D eigenvalue weighted by Gasteiger charge is -2.07. The molecule has 0 N–H and O–H groups in total. The summed E-state index contributed by atoms with van der Waals surface area (Å²) >= 11 is 0. The first-order valence-electron chi connectivity index (χ1n) is 9.20. The Hall–Kier alpha value is -3.40. The normalized spacial score (nSPS) is 10.4. The predicted octanol–water partition coefficient (Wildman–Crippen LogP) is 5.31.